The van der Waals surface area contributed by atoms with E-state index in [-0.39, 0.29) is 5.43 Å². The van der Waals surface area contributed by atoms with Crippen LogP contribution in [0, 0.1) is 20.8 Å². The topological polar surface area (TPSA) is 37.3 Å². The molecule has 1 aliphatic rings. The summed E-state index contributed by atoms with van der Waals surface area (Å²) in [6.07, 6.45) is 5.13. The smallest absolute Gasteiger partial charge is 0.198 e. The number of aromatic nitrogens is 1. The number of nitrogens with one attached hydrogen (secondary N) is 2. The number of pyridine rings is 1. The Morgan fingerprint density at radius 1 is 1.22 bits per heavy atom. The third kappa shape index (κ3) is 3.07. The SMILES string of the molecule is CC[C@@H]1CCCC[NH+]1Cc1c(C)[nH]c2c(C)cc(C)cc2c1=O. The fraction of sp³-hybridized carbons (Fsp3) is 0.550. The quantitative estimate of drug-likeness (QED) is 0.898. The standard InChI is InChI=1S/C20H28N2O/c1-5-16-8-6-7-9-22(16)12-18-15(4)21-19-14(3)10-13(2)11-17(19)20(18)23/h10-11,16H,5-9,12H2,1-4H3,(H,21,23)/p+1/t16-/m1/s1. The van der Waals surface area contributed by atoms with Gasteiger partial charge in [-0.15, -0.1) is 0 Å². The van der Waals surface area contributed by atoms with Crippen molar-refractivity contribution in [3.05, 3.63) is 44.7 Å². The molecule has 1 aliphatic heterocycles. The number of likely N-dealkylation sites (tertiary alicyclic amines) is 1. The highest BCUT2D eigenvalue weighted by molar-refractivity contribution is 5.83. The van der Waals surface area contributed by atoms with Crippen molar-refractivity contribution in [2.75, 3.05) is 6.54 Å². The van der Waals surface area contributed by atoms with Gasteiger partial charge in [-0.3, -0.25) is 4.79 Å². The Kier molecular flexibility index (Phi) is 4.58. The molecule has 0 bridgehead atoms. The Morgan fingerprint density at radius 2 is 2.00 bits per heavy atom. The summed E-state index contributed by atoms with van der Waals surface area (Å²) in [7, 11) is 0. The van der Waals surface area contributed by atoms with E-state index in [9.17, 15) is 4.79 Å². The lowest BCUT2D eigenvalue weighted by atomic mass is 9.98. The average molecular weight is 313 g/mol. The predicted molar refractivity (Wildman–Crippen MR) is 96.2 cm³/mol. The van der Waals surface area contributed by atoms with E-state index in [1.807, 2.05) is 6.07 Å². The molecule has 3 nitrogen and oxygen atoms in total. The van der Waals surface area contributed by atoms with Crippen molar-refractivity contribution in [3.63, 3.8) is 0 Å². The Balaban J connectivity index is 2.05. The van der Waals surface area contributed by atoms with Gasteiger partial charge in [-0.2, -0.15) is 0 Å². The molecule has 2 atom stereocenters. The minimum atomic E-state index is 0.232. The number of hydrogen-bond acceptors (Lipinski definition) is 1. The van der Waals surface area contributed by atoms with Crippen molar-refractivity contribution < 1.29 is 4.90 Å². The molecule has 3 rings (SSSR count). The summed E-state index contributed by atoms with van der Waals surface area (Å²) in [5, 5.41) is 0.854. The van der Waals surface area contributed by atoms with Crippen LogP contribution in [0.25, 0.3) is 10.9 Å². The van der Waals surface area contributed by atoms with Gasteiger partial charge in [0.25, 0.3) is 0 Å². The van der Waals surface area contributed by atoms with Crippen LogP contribution in [-0.2, 0) is 6.54 Å². The van der Waals surface area contributed by atoms with E-state index in [1.165, 1.54) is 32.2 Å². The van der Waals surface area contributed by atoms with E-state index >= 15 is 0 Å². The molecule has 1 unspecified atom stereocenters. The molecule has 2 N–H and O–H groups in total. The van der Waals surface area contributed by atoms with Crippen LogP contribution in [0.2, 0.25) is 0 Å². The van der Waals surface area contributed by atoms with Crippen molar-refractivity contribution in [2.45, 2.75) is 66.0 Å². The Hall–Kier alpha value is -1.61. The lowest BCUT2D eigenvalue weighted by Crippen LogP contribution is -3.15. The number of H-pyrrole nitrogens is 1. The van der Waals surface area contributed by atoms with Crippen LogP contribution in [-0.4, -0.2) is 17.6 Å². The normalized spacial score (nSPS) is 21.7. The first-order chi connectivity index (χ1) is 11.0. The van der Waals surface area contributed by atoms with Crippen LogP contribution in [0.5, 0.6) is 0 Å². The summed E-state index contributed by atoms with van der Waals surface area (Å²) in [5.41, 5.74) is 5.58. The first-order valence-corrected chi connectivity index (χ1v) is 8.98. The lowest BCUT2D eigenvalue weighted by Gasteiger charge is -2.32. The molecule has 0 aliphatic carbocycles. The molecule has 1 saturated heterocycles. The van der Waals surface area contributed by atoms with Crippen molar-refractivity contribution in [1.82, 2.24) is 4.98 Å². The number of aromatic amines is 1. The maximum Gasteiger partial charge on any atom is 0.198 e. The van der Waals surface area contributed by atoms with Gasteiger partial charge in [-0.05, 0) is 63.6 Å². The molecule has 0 saturated carbocycles. The van der Waals surface area contributed by atoms with Gasteiger partial charge in [0.15, 0.2) is 5.43 Å². The summed E-state index contributed by atoms with van der Waals surface area (Å²) in [6, 6.07) is 4.88. The molecule has 124 valence electrons. The first-order valence-electron chi connectivity index (χ1n) is 8.98. The molecule has 0 amide bonds. The average Bonchev–Trinajstić information content (AvgIpc) is 2.53. The molecular weight excluding hydrogens is 284 g/mol. The Bertz CT molecular complexity index is 775. The number of hydrogen-bond donors (Lipinski definition) is 2. The molecule has 23 heavy (non-hydrogen) atoms. The van der Waals surface area contributed by atoms with Gasteiger partial charge in [-0.25, -0.2) is 0 Å². The Labute approximate surface area is 138 Å². The van der Waals surface area contributed by atoms with Crippen LogP contribution >= 0.6 is 0 Å². The van der Waals surface area contributed by atoms with Crippen molar-refractivity contribution in [1.29, 1.82) is 0 Å². The molecule has 1 aromatic carbocycles. The van der Waals surface area contributed by atoms with Gasteiger partial charge in [0.1, 0.15) is 6.54 Å². The van der Waals surface area contributed by atoms with Gasteiger partial charge < -0.3 is 9.88 Å². The van der Waals surface area contributed by atoms with Crippen molar-refractivity contribution in [2.24, 2.45) is 0 Å². The summed E-state index contributed by atoms with van der Waals surface area (Å²) < 4.78 is 0. The fourth-order valence-corrected chi connectivity index (χ4v) is 4.22. The third-order valence-electron chi connectivity index (χ3n) is 5.54. The number of benzene rings is 1. The Morgan fingerprint density at radius 3 is 2.74 bits per heavy atom. The zero-order valence-electron chi connectivity index (χ0n) is 14.9. The second-order valence-electron chi connectivity index (χ2n) is 7.25. The van der Waals surface area contributed by atoms with Gasteiger partial charge in [0, 0.05) is 11.1 Å². The molecule has 2 aromatic rings. The molecule has 1 aromatic heterocycles. The van der Waals surface area contributed by atoms with Crippen LogP contribution in [0.15, 0.2) is 16.9 Å². The maximum atomic E-state index is 13.1. The highest BCUT2D eigenvalue weighted by Gasteiger charge is 2.26. The zero-order valence-corrected chi connectivity index (χ0v) is 14.9. The van der Waals surface area contributed by atoms with Crippen LogP contribution < -0.4 is 10.3 Å². The van der Waals surface area contributed by atoms with Crippen molar-refractivity contribution >= 4 is 10.9 Å². The van der Waals surface area contributed by atoms with Gasteiger partial charge in [0.05, 0.1) is 23.7 Å². The highest BCUT2D eigenvalue weighted by Crippen LogP contribution is 2.18. The van der Waals surface area contributed by atoms with Crippen LogP contribution in [0.4, 0.5) is 0 Å². The van der Waals surface area contributed by atoms with Crippen LogP contribution in [0.1, 0.15) is 55.0 Å². The third-order valence-corrected chi connectivity index (χ3v) is 5.54. The maximum absolute atomic E-state index is 13.1. The minimum absolute atomic E-state index is 0.232. The van der Waals surface area contributed by atoms with E-state index in [4.69, 9.17) is 0 Å². The van der Waals surface area contributed by atoms with Gasteiger partial charge >= 0.3 is 0 Å². The number of rotatable bonds is 3. The summed E-state index contributed by atoms with van der Waals surface area (Å²) in [5.74, 6) is 0. The van der Waals surface area contributed by atoms with Crippen LogP contribution in [0.3, 0.4) is 0 Å². The number of aryl methyl sites for hydroxylation is 3. The largest absolute Gasteiger partial charge is 0.358 e. The number of fused-ring (bicyclic) bond motifs is 1. The number of piperidine rings is 1. The molecule has 1 fully saturated rings. The monoisotopic (exact) mass is 313 g/mol. The fourth-order valence-electron chi connectivity index (χ4n) is 4.22. The molecule has 2 heterocycles. The minimum Gasteiger partial charge on any atom is -0.358 e. The van der Waals surface area contributed by atoms with E-state index in [0.717, 1.165) is 39.8 Å². The number of quaternary nitrogens is 1. The summed E-state index contributed by atoms with van der Waals surface area (Å²) in [6.45, 7) is 10.5. The second kappa shape index (κ2) is 6.48. The second-order valence-corrected chi connectivity index (χ2v) is 7.25. The van der Waals surface area contributed by atoms with Gasteiger partial charge in [-0.1, -0.05) is 13.0 Å². The molecule has 0 spiro atoms. The van der Waals surface area contributed by atoms with E-state index < -0.39 is 0 Å². The van der Waals surface area contributed by atoms with E-state index in [2.05, 4.69) is 38.7 Å². The highest BCUT2D eigenvalue weighted by atomic mass is 16.1. The summed E-state index contributed by atoms with van der Waals surface area (Å²) >= 11 is 0. The van der Waals surface area contributed by atoms with Gasteiger partial charge in [0.2, 0.25) is 0 Å². The van der Waals surface area contributed by atoms with Crippen molar-refractivity contribution in [3.8, 4) is 0 Å². The first kappa shape index (κ1) is 16.3. The van der Waals surface area contributed by atoms with E-state index in [1.54, 1.807) is 4.90 Å². The molecule has 0 radical (unpaired) electrons. The molecular formula is C20H29N2O+. The van der Waals surface area contributed by atoms with E-state index in [0.29, 0.717) is 6.04 Å². The zero-order chi connectivity index (χ0) is 16.6. The molecule has 3 heteroatoms. The summed E-state index contributed by atoms with van der Waals surface area (Å²) in [4.78, 5) is 18.2. The lowest BCUT2D eigenvalue weighted by molar-refractivity contribution is -0.944. The predicted octanol–water partition coefficient (Wildman–Crippen LogP) is 2.80.